The third kappa shape index (κ3) is 2.25. The van der Waals surface area contributed by atoms with E-state index in [-0.39, 0.29) is 0 Å². The number of hydrogen-bond donors (Lipinski definition) is 1. The Hall–Kier alpha value is -1.59. The Morgan fingerprint density at radius 3 is 3.12 bits per heavy atom. The minimum Gasteiger partial charge on any atom is -0.487 e. The molecule has 3 fully saturated rings. The standard InChI is InChI=1S/C19H22N2O2S/c1-3-13(9-15(4-1)23-10-14-11-24-12-20-14)21-17-16-5-8-22-18(16)19(17)6-2-7-19/h1,3-4,9,11-12,16-18,21H,2,5-8,10H2/t16-,17-,18+/m1/s1. The van der Waals surface area contributed by atoms with E-state index >= 15 is 0 Å². The largest absolute Gasteiger partial charge is 0.487 e. The third-order valence-corrected chi connectivity index (χ3v) is 6.70. The van der Waals surface area contributed by atoms with Crippen molar-refractivity contribution in [3.63, 3.8) is 0 Å². The van der Waals surface area contributed by atoms with Crippen molar-refractivity contribution in [2.45, 2.75) is 44.4 Å². The van der Waals surface area contributed by atoms with E-state index in [0.29, 0.717) is 30.1 Å². The fourth-order valence-corrected chi connectivity index (χ4v) is 5.32. The summed E-state index contributed by atoms with van der Waals surface area (Å²) in [5.41, 5.74) is 4.38. The fraction of sp³-hybridized carbons (Fsp3) is 0.526. The number of ether oxygens (including phenoxy) is 2. The average Bonchev–Trinajstić information content (AvgIpc) is 3.20. The monoisotopic (exact) mass is 342 g/mol. The molecule has 1 spiro atoms. The van der Waals surface area contributed by atoms with Crippen LogP contribution in [0, 0.1) is 11.3 Å². The van der Waals surface area contributed by atoms with E-state index in [4.69, 9.17) is 9.47 Å². The molecule has 2 aromatic rings. The Morgan fingerprint density at radius 2 is 2.33 bits per heavy atom. The molecule has 0 bridgehead atoms. The van der Waals surface area contributed by atoms with Crippen molar-refractivity contribution in [2.75, 3.05) is 11.9 Å². The van der Waals surface area contributed by atoms with Crippen LogP contribution in [0.3, 0.4) is 0 Å². The van der Waals surface area contributed by atoms with E-state index in [9.17, 15) is 0 Å². The summed E-state index contributed by atoms with van der Waals surface area (Å²) in [6, 6.07) is 8.90. The molecule has 126 valence electrons. The van der Waals surface area contributed by atoms with Gasteiger partial charge in [-0.25, -0.2) is 4.98 Å². The van der Waals surface area contributed by atoms with Gasteiger partial charge in [-0.05, 0) is 31.4 Å². The van der Waals surface area contributed by atoms with Crippen LogP contribution in [0.2, 0.25) is 0 Å². The highest BCUT2D eigenvalue weighted by Gasteiger charge is 2.66. The molecule has 24 heavy (non-hydrogen) atoms. The summed E-state index contributed by atoms with van der Waals surface area (Å²) in [5, 5.41) is 5.83. The van der Waals surface area contributed by atoms with Gasteiger partial charge in [0, 0.05) is 41.1 Å². The van der Waals surface area contributed by atoms with Gasteiger partial charge in [-0.1, -0.05) is 12.5 Å². The van der Waals surface area contributed by atoms with Crippen molar-refractivity contribution in [3.05, 3.63) is 40.8 Å². The van der Waals surface area contributed by atoms with Gasteiger partial charge >= 0.3 is 0 Å². The van der Waals surface area contributed by atoms with Crippen molar-refractivity contribution in [2.24, 2.45) is 11.3 Å². The van der Waals surface area contributed by atoms with Gasteiger partial charge in [-0.3, -0.25) is 0 Å². The lowest BCUT2D eigenvalue weighted by Crippen LogP contribution is -2.68. The van der Waals surface area contributed by atoms with E-state index in [0.717, 1.165) is 23.7 Å². The lowest BCUT2D eigenvalue weighted by molar-refractivity contribution is -0.158. The van der Waals surface area contributed by atoms with Crippen LogP contribution < -0.4 is 10.1 Å². The number of fused-ring (bicyclic) bond motifs is 2. The van der Waals surface area contributed by atoms with Crippen LogP contribution in [0.1, 0.15) is 31.4 Å². The number of nitrogens with one attached hydrogen (secondary N) is 1. The molecule has 5 rings (SSSR count). The van der Waals surface area contributed by atoms with Crippen LogP contribution in [0.25, 0.3) is 0 Å². The molecule has 4 nitrogen and oxygen atoms in total. The first kappa shape index (κ1) is 14.7. The lowest BCUT2D eigenvalue weighted by atomic mass is 9.46. The zero-order valence-corrected chi connectivity index (χ0v) is 14.4. The summed E-state index contributed by atoms with van der Waals surface area (Å²) in [6.45, 7) is 1.46. The predicted molar refractivity (Wildman–Crippen MR) is 94.4 cm³/mol. The molecule has 1 aromatic heterocycles. The van der Waals surface area contributed by atoms with E-state index < -0.39 is 0 Å². The molecule has 2 heterocycles. The fourth-order valence-electron chi connectivity index (χ4n) is 4.78. The molecule has 1 aromatic carbocycles. The average molecular weight is 342 g/mol. The summed E-state index contributed by atoms with van der Waals surface area (Å²) in [6.07, 6.45) is 5.68. The molecule has 0 unspecified atom stereocenters. The van der Waals surface area contributed by atoms with Crippen molar-refractivity contribution < 1.29 is 9.47 Å². The molecule has 5 heteroatoms. The summed E-state index contributed by atoms with van der Waals surface area (Å²) in [5.74, 6) is 1.58. The molecule has 3 aliphatic rings. The second kappa shape index (κ2) is 5.74. The normalized spacial score (nSPS) is 29.6. The third-order valence-electron chi connectivity index (χ3n) is 6.06. The van der Waals surface area contributed by atoms with Crippen LogP contribution in [-0.2, 0) is 11.3 Å². The highest BCUT2D eigenvalue weighted by Crippen LogP contribution is 2.63. The van der Waals surface area contributed by atoms with Gasteiger partial charge in [-0.2, -0.15) is 0 Å². The van der Waals surface area contributed by atoms with Gasteiger partial charge < -0.3 is 14.8 Å². The van der Waals surface area contributed by atoms with E-state index in [1.807, 2.05) is 17.0 Å². The number of aromatic nitrogens is 1. The second-order valence-corrected chi connectivity index (χ2v) is 7.97. The summed E-state index contributed by atoms with van der Waals surface area (Å²) in [4.78, 5) is 4.26. The Kier molecular flexibility index (Phi) is 3.52. The maximum Gasteiger partial charge on any atom is 0.131 e. The number of anilines is 1. The zero-order chi connectivity index (χ0) is 16.0. The van der Waals surface area contributed by atoms with Gasteiger partial charge in [0.1, 0.15) is 12.4 Å². The van der Waals surface area contributed by atoms with Gasteiger partial charge in [0.25, 0.3) is 0 Å². The van der Waals surface area contributed by atoms with E-state index in [1.165, 1.54) is 25.7 Å². The highest BCUT2D eigenvalue weighted by atomic mass is 32.1. The Bertz CT molecular complexity index is 714. The molecule has 1 saturated heterocycles. The first-order valence-corrected chi connectivity index (χ1v) is 9.77. The summed E-state index contributed by atoms with van der Waals surface area (Å²) < 4.78 is 11.9. The Labute approximate surface area is 146 Å². The molecule has 2 aliphatic carbocycles. The number of nitrogens with zero attached hydrogens (tertiary/aromatic N) is 1. The van der Waals surface area contributed by atoms with E-state index in [2.05, 4.69) is 28.5 Å². The van der Waals surface area contributed by atoms with Crippen LogP contribution in [0.5, 0.6) is 5.75 Å². The number of hydrogen-bond acceptors (Lipinski definition) is 5. The van der Waals surface area contributed by atoms with Gasteiger partial charge in [-0.15, -0.1) is 11.3 Å². The first-order chi connectivity index (χ1) is 11.9. The summed E-state index contributed by atoms with van der Waals surface area (Å²) in [7, 11) is 0. The van der Waals surface area contributed by atoms with Crippen molar-refractivity contribution in [3.8, 4) is 5.75 Å². The second-order valence-electron chi connectivity index (χ2n) is 7.25. The SMILES string of the molecule is c1cc(N[C@@H]2[C@H]3CCO[C@@H]3C23CCC3)cc(OCc2cscn2)c1. The highest BCUT2D eigenvalue weighted by molar-refractivity contribution is 7.07. The van der Waals surface area contributed by atoms with E-state index in [1.54, 1.807) is 11.3 Å². The smallest absolute Gasteiger partial charge is 0.131 e. The zero-order valence-electron chi connectivity index (χ0n) is 13.6. The molecular weight excluding hydrogens is 320 g/mol. The van der Waals surface area contributed by atoms with Gasteiger partial charge in [0.15, 0.2) is 0 Å². The van der Waals surface area contributed by atoms with Gasteiger partial charge in [0.05, 0.1) is 17.3 Å². The lowest BCUT2D eigenvalue weighted by Gasteiger charge is -2.63. The number of benzene rings is 1. The summed E-state index contributed by atoms with van der Waals surface area (Å²) >= 11 is 1.60. The van der Waals surface area contributed by atoms with Crippen LogP contribution >= 0.6 is 11.3 Å². The number of thiazole rings is 1. The van der Waals surface area contributed by atoms with Crippen LogP contribution in [0.15, 0.2) is 35.2 Å². The van der Waals surface area contributed by atoms with Crippen molar-refractivity contribution >= 4 is 17.0 Å². The molecule has 0 amide bonds. The molecular formula is C19H22N2O2S. The van der Waals surface area contributed by atoms with Crippen molar-refractivity contribution in [1.82, 2.24) is 4.98 Å². The Morgan fingerprint density at radius 1 is 1.38 bits per heavy atom. The molecule has 1 N–H and O–H groups in total. The van der Waals surface area contributed by atoms with Crippen molar-refractivity contribution in [1.29, 1.82) is 0 Å². The predicted octanol–water partition coefficient (Wildman–Crippen LogP) is 4.09. The van der Waals surface area contributed by atoms with Crippen LogP contribution in [0.4, 0.5) is 5.69 Å². The first-order valence-electron chi connectivity index (χ1n) is 8.83. The maximum atomic E-state index is 6.01. The topological polar surface area (TPSA) is 43.4 Å². The Balaban J connectivity index is 1.28. The number of rotatable bonds is 5. The molecule has 2 saturated carbocycles. The van der Waals surface area contributed by atoms with Crippen LogP contribution in [-0.4, -0.2) is 23.7 Å². The molecule has 1 aliphatic heterocycles. The minimum absolute atomic E-state index is 0.401. The maximum absolute atomic E-state index is 6.01. The molecule has 0 radical (unpaired) electrons. The van der Waals surface area contributed by atoms with Gasteiger partial charge in [0.2, 0.25) is 0 Å². The quantitative estimate of drug-likeness (QED) is 0.889. The minimum atomic E-state index is 0.401. The molecule has 3 atom stereocenters.